The third-order valence-corrected chi connectivity index (χ3v) is 18.9. The van der Waals surface area contributed by atoms with E-state index >= 15 is 0 Å². The van der Waals surface area contributed by atoms with Crippen LogP contribution in [0.1, 0.15) is 104 Å². The molecule has 0 fully saturated rings. The van der Waals surface area contributed by atoms with E-state index in [0.717, 1.165) is 134 Å². The van der Waals surface area contributed by atoms with E-state index < -0.39 is 0 Å². The van der Waals surface area contributed by atoms with Gasteiger partial charge in [0.15, 0.2) is 27.0 Å². The number of thiazole rings is 3. The van der Waals surface area contributed by atoms with Crippen LogP contribution in [0.5, 0.6) is 17.2 Å². The van der Waals surface area contributed by atoms with E-state index in [1.165, 1.54) is 38.2 Å². The van der Waals surface area contributed by atoms with Crippen molar-refractivity contribution in [3.05, 3.63) is 147 Å². The van der Waals surface area contributed by atoms with Crippen LogP contribution in [0, 0.1) is 6.92 Å². The summed E-state index contributed by atoms with van der Waals surface area (Å²) in [4.78, 5) is 48.6. The Hall–Kier alpha value is -7.61. The van der Waals surface area contributed by atoms with Gasteiger partial charge in [-0.2, -0.15) is 0 Å². The Balaban J connectivity index is 0.000000171. The number of anilines is 5. The van der Waals surface area contributed by atoms with Gasteiger partial charge in [0, 0.05) is 84.4 Å². The number of aromatic nitrogens is 10. The van der Waals surface area contributed by atoms with Crippen molar-refractivity contribution in [3.8, 4) is 60.1 Å². The molecule has 10 rings (SSSR count). The molecule has 18 nitrogen and oxygen atoms in total. The number of thioether (sulfide) groups is 3. The highest BCUT2D eigenvalue weighted by Gasteiger charge is 2.19. The minimum Gasteiger partial charge on any atom is -0.494 e. The molecule has 0 aliphatic heterocycles. The molecule has 0 amide bonds. The van der Waals surface area contributed by atoms with Crippen LogP contribution in [0.2, 0.25) is 0 Å². The summed E-state index contributed by atoms with van der Waals surface area (Å²) in [5, 5.41) is 4.83. The van der Waals surface area contributed by atoms with Gasteiger partial charge in [-0.3, -0.25) is 4.98 Å². The second-order valence-electron chi connectivity index (χ2n) is 19.9. The molecule has 0 saturated heterocycles. The fraction of sp³-hybridized carbons (Fsp3) is 0.312. The molecule has 10 N–H and O–H groups in total. The lowest BCUT2D eigenvalue weighted by Gasteiger charge is -2.10. The summed E-state index contributed by atoms with van der Waals surface area (Å²) < 4.78 is 17.1. The third-order valence-electron chi connectivity index (χ3n) is 12.7. The molecule has 0 saturated carbocycles. The largest absolute Gasteiger partial charge is 0.494 e. The van der Waals surface area contributed by atoms with Crippen molar-refractivity contribution in [1.82, 2.24) is 49.8 Å². The van der Waals surface area contributed by atoms with Crippen molar-refractivity contribution in [2.24, 2.45) is 0 Å². The zero-order chi connectivity index (χ0) is 62.4. The number of methoxy groups -OCH3 is 1. The van der Waals surface area contributed by atoms with Gasteiger partial charge in [-0.1, -0.05) is 126 Å². The first kappa shape index (κ1) is 66.3. The summed E-state index contributed by atoms with van der Waals surface area (Å²) in [5.41, 5.74) is 38.6. The average molecular weight is 1290 g/mol. The number of hydrogen-bond donors (Lipinski definition) is 5. The van der Waals surface area contributed by atoms with Gasteiger partial charge in [-0.05, 0) is 93.1 Å². The monoisotopic (exact) mass is 1290 g/mol. The molecule has 10 aromatic rings. The molecule has 0 atom stereocenters. The van der Waals surface area contributed by atoms with Gasteiger partial charge in [-0.15, -0.1) is 34.0 Å². The molecule has 0 unspecified atom stereocenters. The Bertz CT molecular complexity index is 3800. The number of rotatable bonds is 26. The minimum absolute atomic E-state index is 0.380. The van der Waals surface area contributed by atoms with Crippen molar-refractivity contribution in [2.45, 2.75) is 126 Å². The Morgan fingerprint density at radius 3 is 1.38 bits per heavy atom. The quantitative estimate of drug-likeness (QED) is 0.0249. The fourth-order valence-electron chi connectivity index (χ4n) is 8.54. The molecule has 0 spiro atoms. The van der Waals surface area contributed by atoms with Gasteiger partial charge in [-0.25, -0.2) is 44.9 Å². The van der Waals surface area contributed by atoms with Crippen LogP contribution in [0.25, 0.3) is 42.8 Å². The second kappa shape index (κ2) is 33.7. The third kappa shape index (κ3) is 19.4. The van der Waals surface area contributed by atoms with Crippen LogP contribution in [0.4, 0.5) is 29.1 Å². The maximum Gasteiger partial charge on any atom is 0.191 e. The zero-order valence-corrected chi connectivity index (χ0v) is 55.5. The smallest absolute Gasteiger partial charge is 0.191 e. The average Bonchev–Trinajstić information content (AvgIpc) is 4.47. The van der Waals surface area contributed by atoms with Gasteiger partial charge in [0.25, 0.3) is 0 Å². The molecule has 0 bridgehead atoms. The topological polar surface area (TPSA) is 287 Å². The SMILES string of the molecule is CCCOc1cc(-c2nc(CSc3nccc(N)n3)c(CCC)s2)ccc1OC.CCCOc1cccc(-c2nc(CSc3nc(N)cc(N)n3)c(CCC)s2)c1.CCCc1sc(-c2cccc(-c3ccc(C)nc3)c2)nc1CSc1nc(N)cc(N)n1. The lowest BCUT2D eigenvalue weighted by atomic mass is 10.0. The number of pyridine rings is 1. The molecule has 0 radical (unpaired) electrons. The number of hydrogen-bond acceptors (Lipinski definition) is 24. The van der Waals surface area contributed by atoms with Crippen LogP contribution in [-0.2, 0) is 36.5 Å². The molecule has 0 aliphatic carbocycles. The molecule has 24 heteroatoms. The van der Waals surface area contributed by atoms with Crippen LogP contribution in [-0.4, -0.2) is 70.2 Å². The first-order valence-corrected chi connectivity index (χ1v) is 34.5. The van der Waals surface area contributed by atoms with Gasteiger partial charge >= 0.3 is 0 Å². The fourth-order valence-corrected chi connectivity index (χ4v) is 14.8. The van der Waals surface area contributed by atoms with Crippen LogP contribution in [0.15, 0.2) is 125 Å². The lowest BCUT2D eigenvalue weighted by molar-refractivity contribution is 0.294. The summed E-state index contributed by atoms with van der Waals surface area (Å²) in [6.45, 7) is 14.1. The highest BCUT2D eigenvalue weighted by atomic mass is 32.2. The van der Waals surface area contributed by atoms with Crippen LogP contribution < -0.4 is 42.9 Å². The summed E-state index contributed by atoms with van der Waals surface area (Å²) in [6, 6.07) is 31.5. The second-order valence-corrected chi connectivity index (χ2v) is 26.0. The van der Waals surface area contributed by atoms with Gasteiger partial charge in [0.1, 0.15) is 49.9 Å². The van der Waals surface area contributed by atoms with Crippen LogP contribution in [0.3, 0.4) is 0 Å². The van der Waals surface area contributed by atoms with E-state index in [9.17, 15) is 0 Å². The molecule has 7 aromatic heterocycles. The van der Waals surface area contributed by atoms with E-state index in [0.29, 0.717) is 75.0 Å². The molecule has 460 valence electrons. The summed E-state index contributed by atoms with van der Waals surface area (Å²) in [5.74, 6) is 6.44. The zero-order valence-electron chi connectivity index (χ0n) is 50.6. The number of ether oxygens (including phenoxy) is 3. The van der Waals surface area contributed by atoms with E-state index in [-0.39, 0.29) is 0 Å². The first-order chi connectivity index (χ1) is 42.7. The van der Waals surface area contributed by atoms with E-state index in [1.807, 2.05) is 49.5 Å². The van der Waals surface area contributed by atoms with Crippen molar-refractivity contribution < 1.29 is 14.2 Å². The molecule has 0 aliphatic rings. The lowest BCUT2D eigenvalue weighted by Crippen LogP contribution is -1.99. The number of nitrogens with two attached hydrogens (primary N) is 5. The van der Waals surface area contributed by atoms with Crippen molar-refractivity contribution in [2.75, 3.05) is 49.0 Å². The summed E-state index contributed by atoms with van der Waals surface area (Å²) >= 11 is 9.79. The Labute approximate surface area is 540 Å². The van der Waals surface area contributed by atoms with Gasteiger partial charge in [0.05, 0.1) is 37.4 Å². The maximum absolute atomic E-state index is 5.86. The molecular formula is C64H75N15O3S6. The van der Waals surface area contributed by atoms with E-state index in [4.69, 9.17) is 57.8 Å². The minimum atomic E-state index is 0.380. The van der Waals surface area contributed by atoms with Crippen molar-refractivity contribution in [1.29, 1.82) is 0 Å². The molecule has 3 aromatic carbocycles. The number of nitrogens with zero attached hydrogens (tertiary/aromatic N) is 10. The molecule has 88 heavy (non-hydrogen) atoms. The molecule has 7 heterocycles. The van der Waals surface area contributed by atoms with Crippen molar-refractivity contribution >= 4 is 98.4 Å². The molecular weight excluding hydrogens is 1220 g/mol. The summed E-state index contributed by atoms with van der Waals surface area (Å²) in [7, 11) is 1.66. The summed E-state index contributed by atoms with van der Waals surface area (Å²) in [6.07, 6.45) is 11.7. The van der Waals surface area contributed by atoms with Gasteiger partial charge < -0.3 is 42.9 Å². The highest BCUT2D eigenvalue weighted by molar-refractivity contribution is 7.98. The normalized spacial score (nSPS) is 10.9. The van der Waals surface area contributed by atoms with E-state index in [2.05, 4.69) is 112 Å². The van der Waals surface area contributed by atoms with Crippen LogP contribution >= 0.6 is 69.3 Å². The predicted molar refractivity (Wildman–Crippen MR) is 368 cm³/mol. The Morgan fingerprint density at radius 1 is 0.420 bits per heavy atom. The van der Waals surface area contributed by atoms with E-state index in [1.54, 1.807) is 77.3 Å². The number of benzene rings is 3. The maximum atomic E-state index is 5.86. The Kier molecular flexibility index (Phi) is 25.4. The first-order valence-electron chi connectivity index (χ1n) is 29.0. The number of aryl methyl sites for hydroxylation is 4. The van der Waals surface area contributed by atoms with Gasteiger partial charge in [0.2, 0.25) is 0 Å². The standard InChI is InChI=1S/C23H24N6S2.C21H26N4O2S2.C20H25N5OS2/c1-3-5-19-18(13-30-23-28-20(24)11-21(25)29-23)27-22(31-19)16-7-4-6-15(10-16)17-9-8-14(2)26-12-17;1-4-6-18-15(13-28-21-23-10-9-19(22)25-21)24-20(29-18)14-7-8-16(26-3)17(12-14)27-11-5-2;1-3-6-16-15(12-27-20-24-17(21)11-18(22)25-20)23-19(28-16)13-7-5-8-14(10-13)26-9-4-2/h4,6-12H,3,5,13H2,1-2H3,(H4,24,25,28,29);7-10,12H,4-6,11,13H2,1-3H3,(H2,22,23,25);5,7-8,10-11H,3-4,6,9,12H2,1-2H3,(H4,21,22,24,25). The predicted octanol–water partition coefficient (Wildman–Crippen LogP) is 15.4. The Morgan fingerprint density at radius 2 is 0.886 bits per heavy atom. The number of nitrogen functional groups attached to an aromatic ring is 5. The highest BCUT2D eigenvalue weighted by Crippen LogP contribution is 2.39. The van der Waals surface area contributed by atoms with Crippen molar-refractivity contribution in [3.63, 3.8) is 0 Å².